The van der Waals surface area contributed by atoms with Gasteiger partial charge < -0.3 is 15.4 Å². The zero-order valence-electron chi connectivity index (χ0n) is 8.71. The Balaban J connectivity index is 1.99. The molecule has 1 saturated heterocycles. The summed E-state index contributed by atoms with van der Waals surface area (Å²) in [7, 11) is 1.77. The van der Waals surface area contributed by atoms with Gasteiger partial charge in [0.25, 0.3) is 0 Å². The molecular weight excluding hydrogens is 182 g/mol. The monoisotopic (exact) mass is 201 g/mol. The van der Waals surface area contributed by atoms with Gasteiger partial charge in [-0.3, -0.25) is 9.69 Å². The quantitative estimate of drug-likeness (QED) is 0.578. The van der Waals surface area contributed by atoms with E-state index in [0.717, 1.165) is 39.4 Å². The Hall–Kier alpha value is -0.650. The molecule has 0 saturated carbocycles. The van der Waals surface area contributed by atoms with Crippen LogP contribution in [0.4, 0.5) is 0 Å². The van der Waals surface area contributed by atoms with E-state index in [1.165, 1.54) is 0 Å². The van der Waals surface area contributed by atoms with E-state index in [-0.39, 0.29) is 5.91 Å². The first-order valence-corrected chi connectivity index (χ1v) is 5.04. The van der Waals surface area contributed by atoms with E-state index in [4.69, 9.17) is 4.74 Å². The summed E-state index contributed by atoms with van der Waals surface area (Å²) in [6, 6.07) is 0. The van der Waals surface area contributed by atoms with Gasteiger partial charge in [0, 0.05) is 26.2 Å². The average Bonchev–Trinajstić information content (AvgIpc) is 2.20. The molecule has 1 amide bonds. The first-order valence-electron chi connectivity index (χ1n) is 5.04. The van der Waals surface area contributed by atoms with Crippen molar-refractivity contribution in [3.05, 3.63) is 0 Å². The SMILES string of the molecule is CNCC(=O)NCCN1CCOCC1. The molecule has 0 aromatic rings. The molecule has 0 aromatic carbocycles. The maximum Gasteiger partial charge on any atom is 0.233 e. The standard InChI is InChI=1S/C9H19N3O2/c1-10-8-9(13)11-2-3-12-4-6-14-7-5-12/h10H,2-8H2,1H3,(H,11,13). The number of rotatable bonds is 5. The van der Waals surface area contributed by atoms with Crippen LogP contribution in [0.5, 0.6) is 0 Å². The zero-order chi connectivity index (χ0) is 10.2. The third kappa shape index (κ3) is 4.55. The molecular formula is C9H19N3O2. The van der Waals surface area contributed by atoms with Crippen molar-refractivity contribution in [3.8, 4) is 0 Å². The summed E-state index contributed by atoms with van der Waals surface area (Å²) in [6.45, 7) is 5.60. The number of carbonyl (C=O) groups excluding carboxylic acids is 1. The van der Waals surface area contributed by atoms with E-state index in [2.05, 4.69) is 15.5 Å². The highest BCUT2D eigenvalue weighted by Gasteiger charge is 2.09. The Labute approximate surface area is 84.8 Å². The van der Waals surface area contributed by atoms with E-state index < -0.39 is 0 Å². The molecule has 5 heteroatoms. The number of amides is 1. The molecule has 14 heavy (non-hydrogen) atoms. The lowest BCUT2D eigenvalue weighted by Crippen LogP contribution is -2.42. The van der Waals surface area contributed by atoms with Crippen molar-refractivity contribution in [2.75, 3.05) is 53.0 Å². The highest BCUT2D eigenvalue weighted by molar-refractivity contribution is 5.77. The van der Waals surface area contributed by atoms with Gasteiger partial charge in [-0.15, -0.1) is 0 Å². The maximum atomic E-state index is 11.1. The number of carbonyl (C=O) groups is 1. The number of hydrogen-bond donors (Lipinski definition) is 2. The highest BCUT2D eigenvalue weighted by Crippen LogP contribution is 1.94. The van der Waals surface area contributed by atoms with Crippen LogP contribution in [-0.4, -0.2) is 63.8 Å². The fourth-order valence-corrected chi connectivity index (χ4v) is 1.40. The Morgan fingerprint density at radius 3 is 2.79 bits per heavy atom. The smallest absolute Gasteiger partial charge is 0.233 e. The van der Waals surface area contributed by atoms with Gasteiger partial charge in [0.1, 0.15) is 0 Å². The largest absolute Gasteiger partial charge is 0.379 e. The molecule has 82 valence electrons. The van der Waals surface area contributed by atoms with Gasteiger partial charge >= 0.3 is 0 Å². The van der Waals surface area contributed by atoms with Crippen molar-refractivity contribution in [1.29, 1.82) is 0 Å². The second-order valence-corrected chi connectivity index (χ2v) is 3.33. The van der Waals surface area contributed by atoms with Crippen molar-refractivity contribution in [2.24, 2.45) is 0 Å². The van der Waals surface area contributed by atoms with Gasteiger partial charge in [-0.05, 0) is 7.05 Å². The molecule has 2 N–H and O–H groups in total. The van der Waals surface area contributed by atoms with E-state index in [1.54, 1.807) is 7.05 Å². The fraction of sp³-hybridized carbons (Fsp3) is 0.889. The van der Waals surface area contributed by atoms with E-state index in [0.29, 0.717) is 6.54 Å². The first kappa shape index (κ1) is 11.4. The third-order valence-corrected chi connectivity index (χ3v) is 2.19. The van der Waals surface area contributed by atoms with Crippen LogP contribution in [0.15, 0.2) is 0 Å². The predicted molar refractivity (Wildman–Crippen MR) is 54.2 cm³/mol. The molecule has 0 bridgehead atoms. The second kappa shape index (κ2) is 6.75. The Bertz CT molecular complexity index is 169. The van der Waals surface area contributed by atoms with Crippen LogP contribution in [0.25, 0.3) is 0 Å². The summed E-state index contributed by atoms with van der Waals surface area (Å²) in [6.07, 6.45) is 0. The Morgan fingerprint density at radius 1 is 1.43 bits per heavy atom. The molecule has 0 aromatic heterocycles. The lowest BCUT2D eigenvalue weighted by atomic mass is 10.4. The van der Waals surface area contributed by atoms with Crippen molar-refractivity contribution in [2.45, 2.75) is 0 Å². The minimum Gasteiger partial charge on any atom is -0.379 e. The first-order chi connectivity index (χ1) is 6.83. The number of morpholine rings is 1. The number of nitrogens with zero attached hydrogens (tertiary/aromatic N) is 1. The van der Waals surface area contributed by atoms with Gasteiger partial charge in [0.15, 0.2) is 0 Å². The summed E-state index contributed by atoms with van der Waals surface area (Å²) in [5.41, 5.74) is 0. The molecule has 1 aliphatic rings. The van der Waals surface area contributed by atoms with Crippen molar-refractivity contribution in [3.63, 3.8) is 0 Å². The summed E-state index contributed by atoms with van der Waals surface area (Å²) in [5, 5.41) is 5.66. The van der Waals surface area contributed by atoms with E-state index >= 15 is 0 Å². The topological polar surface area (TPSA) is 53.6 Å². The predicted octanol–water partition coefficient (Wildman–Crippen LogP) is -1.35. The normalized spacial score (nSPS) is 18.1. The average molecular weight is 201 g/mol. The Kier molecular flexibility index (Phi) is 5.51. The van der Waals surface area contributed by atoms with Gasteiger partial charge in [-0.25, -0.2) is 0 Å². The molecule has 0 radical (unpaired) electrons. The molecule has 0 aliphatic carbocycles. The van der Waals surface area contributed by atoms with E-state index in [9.17, 15) is 4.79 Å². The zero-order valence-corrected chi connectivity index (χ0v) is 8.71. The summed E-state index contributed by atoms with van der Waals surface area (Å²) >= 11 is 0. The van der Waals surface area contributed by atoms with Crippen molar-refractivity contribution >= 4 is 5.91 Å². The van der Waals surface area contributed by atoms with Crippen molar-refractivity contribution < 1.29 is 9.53 Å². The van der Waals surface area contributed by atoms with Gasteiger partial charge in [-0.2, -0.15) is 0 Å². The lowest BCUT2D eigenvalue weighted by molar-refractivity contribution is -0.120. The van der Waals surface area contributed by atoms with Gasteiger partial charge in [0.2, 0.25) is 5.91 Å². The maximum absolute atomic E-state index is 11.1. The summed E-state index contributed by atoms with van der Waals surface area (Å²) < 4.78 is 5.23. The van der Waals surface area contributed by atoms with Crippen LogP contribution in [0, 0.1) is 0 Å². The lowest BCUT2D eigenvalue weighted by Gasteiger charge is -2.26. The number of ether oxygens (including phenoxy) is 1. The number of nitrogens with one attached hydrogen (secondary N) is 2. The molecule has 0 spiro atoms. The fourth-order valence-electron chi connectivity index (χ4n) is 1.40. The minimum atomic E-state index is 0.0563. The van der Waals surface area contributed by atoms with Crippen LogP contribution >= 0.6 is 0 Å². The van der Waals surface area contributed by atoms with E-state index in [1.807, 2.05) is 0 Å². The molecule has 5 nitrogen and oxygen atoms in total. The van der Waals surface area contributed by atoms with Crippen LogP contribution in [0.3, 0.4) is 0 Å². The van der Waals surface area contributed by atoms with Crippen LogP contribution in [0.2, 0.25) is 0 Å². The molecule has 1 fully saturated rings. The highest BCUT2D eigenvalue weighted by atomic mass is 16.5. The molecule has 1 rings (SSSR count). The van der Waals surface area contributed by atoms with Gasteiger partial charge in [0.05, 0.1) is 19.8 Å². The number of likely N-dealkylation sites (N-methyl/N-ethyl adjacent to an activating group) is 1. The van der Waals surface area contributed by atoms with Crippen LogP contribution in [0.1, 0.15) is 0 Å². The Morgan fingerprint density at radius 2 is 2.14 bits per heavy atom. The second-order valence-electron chi connectivity index (χ2n) is 3.33. The molecule has 1 heterocycles. The van der Waals surface area contributed by atoms with Crippen molar-refractivity contribution in [1.82, 2.24) is 15.5 Å². The molecule has 0 atom stereocenters. The van der Waals surface area contributed by atoms with Crippen LogP contribution < -0.4 is 10.6 Å². The summed E-state index contributed by atoms with van der Waals surface area (Å²) in [5.74, 6) is 0.0563. The third-order valence-electron chi connectivity index (χ3n) is 2.19. The minimum absolute atomic E-state index is 0.0563. The summed E-state index contributed by atoms with van der Waals surface area (Å²) in [4.78, 5) is 13.4. The van der Waals surface area contributed by atoms with Gasteiger partial charge in [-0.1, -0.05) is 0 Å². The molecule has 1 aliphatic heterocycles. The number of hydrogen-bond acceptors (Lipinski definition) is 4. The molecule has 0 unspecified atom stereocenters. The van der Waals surface area contributed by atoms with Crippen LogP contribution in [-0.2, 0) is 9.53 Å².